The van der Waals surface area contributed by atoms with Crippen molar-refractivity contribution in [3.63, 3.8) is 0 Å². The first-order chi connectivity index (χ1) is 15.5. The molecule has 0 unspecified atom stereocenters. The molecule has 1 saturated heterocycles. The molecule has 0 amide bonds. The van der Waals surface area contributed by atoms with Crippen LogP contribution in [0.3, 0.4) is 0 Å². The number of hydrogen-bond acceptors (Lipinski definition) is 6. The molecule has 32 heavy (non-hydrogen) atoms. The van der Waals surface area contributed by atoms with Crippen LogP contribution >= 0.6 is 15.9 Å². The van der Waals surface area contributed by atoms with Crippen molar-refractivity contribution < 1.29 is 13.2 Å². The van der Waals surface area contributed by atoms with E-state index >= 15 is 0 Å². The first-order valence-electron chi connectivity index (χ1n) is 10.6. The fraction of sp³-hybridized carbons (Fsp3) is 0.304. The molecule has 0 N–H and O–H groups in total. The minimum atomic E-state index is -3.62. The van der Waals surface area contributed by atoms with Crippen molar-refractivity contribution in [2.45, 2.75) is 17.9 Å². The Morgan fingerprint density at radius 2 is 1.62 bits per heavy atom. The molecule has 1 fully saturated rings. The summed E-state index contributed by atoms with van der Waals surface area (Å²) in [6.07, 6.45) is 0.546. The van der Waals surface area contributed by atoms with Crippen LogP contribution in [-0.4, -0.2) is 55.5 Å². The first kappa shape index (κ1) is 21.5. The van der Waals surface area contributed by atoms with Crippen molar-refractivity contribution in [1.29, 1.82) is 0 Å². The number of sulfonamides is 1. The van der Waals surface area contributed by atoms with Crippen LogP contribution in [0.4, 0.5) is 5.82 Å². The van der Waals surface area contributed by atoms with Crippen LogP contribution in [-0.2, 0) is 27.7 Å². The largest absolute Gasteiger partial charge is 0.378 e. The maximum absolute atomic E-state index is 13.3. The summed E-state index contributed by atoms with van der Waals surface area (Å²) < 4.78 is 34.5. The van der Waals surface area contributed by atoms with E-state index in [2.05, 4.69) is 20.8 Å². The second kappa shape index (κ2) is 8.90. The standard InChI is InChI=1S/C23H23BrN4O3S/c24-18-6-8-19(9-7-18)32(29,30)28-11-10-21-20(16-28)23(27-12-14-31-15-13-27)26-22(25-21)17-4-2-1-3-5-17/h1-9H,10-16H2. The summed E-state index contributed by atoms with van der Waals surface area (Å²) in [5.74, 6) is 1.49. The third-order valence-electron chi connectivity index (χ3n) is 5.80. The number of hydrogen-bond donors (Lipinski definition) is 0. The van der Waals surface area contributed by atoms with Gasteiger partial charge in [0.05, 0.1) is 23.8 Å². The molecular weight excluding hydrogens is 492 g/mol. The Hall–Kier alpha value is -2.33. The molecule has 2 aliphatic rings. The average Bonchev–Trinajstić information content (AvgIpc) is 2.84. The van der Waals surface area contributed by atoms with E-state index in [0.717, 1.165) is 40.2 Å². The quantitative estimate of drug-likeness (QED) is 0.530. The molecule has 0 aliphatic carbocycles. The SMILES string of the molecule is O=S(=O)(c1ccc(Br)cc1)N1CCc2nc(-c3ccccc3)nc(N3CCOCC3)c2C1. The molecule has 2 aliphatic heterocycles. The van der Waals surface area contributed by atoms with E-state index in [1.165, 1.54) is 4.31 Å². The van der Waals surface area contributed by atoms with Crippen molar-refractivity contribution >= 4 is 31.8 Å². The van der Waals surface area contributed by atoms with Crippen molar-refractivity contribution in [3.05, 3.63) is 70.3 Å². The summed E-state index contributed by atoms with van der Waals surface area (Å²) in [6, 6.07) is 16.7. The van der Waals surface area contributed by atoms with E-state index in [4.69, 9.17) is 14.7 Å². The Morgan fingerprint density at radius 3 is 2.34 bits per heavy atom. The van der Waals surface area contributed by atoms with Crippen molar-refractivity contribution in [1.82, 2.24) is 14.3 Å². The van der Waals surface area contributed by atoms with E-state index in [0.29, 0.717) is 36.9 Å². The highest BCUT2D eigenvalue weighted by Gasteiger charge is 2.32. The van der Waals surface area contributed by atoms with Crippen molar-refractivity contribution in [2.75, 3.05) is 37.7 Å². The minimum absolute atomic E-state index is 0.259. The van der Waals surface area contributed by atoms with Gasteiger partial charge >= 0.3 is 0 Å². The van der Waals surface area contributed by atoms with Gasteiger partial charge in [0.15, 0.2) is 5.82 Å². The molecule has 9 heteroatoms. The molecule has 5 rings (SSSR count). The zero-order chi connectivity index (χ0) is 22.1. The zero-order valence-electron chi connectivity index (χ0n) is 17.4. The maximum atomic E-state index is 13.3. The number of fused-ring (bicyclic) bond motifs is 1. The van der Waals surface area contributed by atoms with Gasteiger partial charge < -0.3 is 9.64 Å². The Bertz CT molecular complexity index is 1210. The summed E-state index contributed by atoms with van der Waals surface area (Å²) in [4.78, 5) is 12.2. The summed E-state index contributed by atoms with van der Waals surface area (Å²) in [7, 11) is -3.62. The third-order valence-corrected chi connectivity index (χ3v) is 8.19. The number of ether oxygens (including phenoxy) is 1. The molecular formula is C23H23BrN4O3S. The van der Waals surface area contributed by atoms with E-state index in [1.54, 1.807) is 24.3 Å². The monoisotopic (exact) mass is 514 g/mol. The molecule has 0 bridgehead atoms. The van der Waals surface area contributed by atoms with Gasteiger partial charge in [-0.3, -0.25) is 0 Å². The van der Waals surface area contributed by atoms with Gasteiger partial charge in [0.25, 0.3) is 0 Å². The van der Waals surface area contributed by atoms with Gasteiger partial charge in [-0.2, -0.15) is 4.31 Å². The fourth-order valence-corrected chi connectivity index (χ4v) is 5.76. The number of benzene rings is 2. The maximum Gasteiger partial charge on any atom is 0.243 e. The Morgan fingerprint density at radius 1 is 0.906 bits per heavy atom. The van der Waals surface area contributed by atoms with E-state index in [9.17, 15) is 8.42 Å². The van der Waals surface area contributed by atoms with Gasteiger partial charge in [0, 0.05) is 48.2 Å². The summed E-state index contributed by atoms with van der Waals surface area (Å²) in [6.45, 7) is 3.34. The number of aromatic nitrogens is 2. The van der Waals surface area contributed by atoms with Crippen LogP contribution in [0.15, 0.2) is 64.0 Å². The summed E-state index contributed by atoms with van der Waals surface area (Å²) in [5, 5.41) is 0. The molecule has 7 nitrogen and oxygen atoms in total. The van der Waals surface area contributed by atoms with Gasteiger partial charge in [0.2, 0.25) is 10.0 Å². The number of halogens is 1. The molecule has 3 heterocycles. The molecule has 3 aromatic rings. The highest BCUT2D eigenvalue weighted by atomic mass is 79.9. The van der Waals surface area contributed by atoms with Crippen LogP contribution in [0, 0.1) is 0 Å². The minimum Gasteiger partial charge on any atom is -0.378 e. The van der Waals surface area contributed by atoms with E-state index in [1.807, 2.05) is 30.3 Å². The van der Waals surface area contributed by atoms with Crippen molar-refractivity contribution in [3.8, 4) is 11.4 Å². The smallest absolute Gasteiger partial charge is 0.243 e. The Kier molecular flexibility index (Phi) is 5.98. The van der Waals surface area contributed by atoms with Crippen LogP contribution < -0.4 is 4.90 Å². The molecule has 0 radical (unpaired) electrons. The van der Waals surface area contributed by atoms with Gasteiger partial charge in [-0.25, -0.2) is 18.4 Å². The van der Waals surface area contributed by atoms with Crippen molar-refractivity contribution in [2.24, 2.45) is 0 Å². The lowest BCUT2D eigenvalue weighted by atomic mass is 10.1. The van der Waals surface area contributed by atoms with E-state index < -0.39 is 10.0 Å². The number of anilines is 1. The molecule has 2 aromatic carbocycles. The molecule has 0 saturated carbocycles. The van der Waals surface area contributed by atoms with Gasteiger partial charge in [0.1, 0.15) is 5.82 Å². The van der Waals surface area contributed by atoms with Crippen LogP contribution in [0.1, 0.15) is 11.3 Å². The lowest BCUT2D eigenvalue weighted by molar-refractivity contribution is 0.122. The highest BCUT2D eigenvalue weighted by Crippen LogP contribution is 2.32. The molecule has 1 aromatic heterocycles. The predicted octanol–water partition coefficient (Wildman–Crippen LogP) is 3.49. The lowest BCUT2D eigenvalue weighted by Crippen LogP contribution is -2.41. The van der Waals surface area contributed by atoms with E-state index in [-0.39, 0.29) is 6.54 Å². The average molecular weight is 515 g/mol. The summed E-state index contributed by atoms with van der Waals surface area (Å²) >= 11 is 3.37. The predicted molar refractivity (Wildman–Crippen MR) is 126 cm³/mol. The highest BCUT2D eigenvalue weighted by molar-refractivity contribution is 9.10. The number of rotatable bonds is 4. The number of nitrogens with zero attached hydrogens (tertiary/aromatic N) is 4. The van der Waals surface area contributed by atoms with Gasteiger partial charge in [-0.05, 0) is 24.3 Å². The van der Waals surface area contributed by atoms with Crippen LogP contribution in [0.25, 0.3) is 11.4 Å². The van der Waals surface area contributed by atoms with Crippen LogP contribution in [0.5, 0.6) is 0 Å². The molecule has 0 atom stereocenters. The topological polar surface area (TPSA) is 75.6 Å². The fourth-order valence-electron chi connectivity index (χ4n) is 4.09. The number of morpholine rings is 1. The molecule has 166 valence electrons. The second-order valence-electron chi connectivity index (χ2n) is 7.80. The molecule has 0 spiro atoms. The van der Waals surface area contributed by atoms with Gasteiger partial charge in [-0.15, -0.1) is 0 Å². The first-order valence-corrected chi connectivity index (χ1v) is 12.8. The van der Waals surface area contributed by atoms with Gasteiger partial charge in [-0.1, -0.05) is 46.3 Å². The normalized spacial score (nSPS) is 17.2. The third kappa shape index (κ3) is 4.17. The zero-order valence-corrected chi connectivity index (χ0v) is 19.8. The second-order valence-corrected chi connectivity index (χ2v) is 10.7. The Balaban J connectivity index is 1.55. The Labute approximate surface area is 196 Å². The lowest BCUT2D eigenvalue weighted by Gasteiger charge is -2.34. The van der Waals surface area contributed by atoms with Crippen LogP contribution in [0.2, 0.25) is 0 Å². The summed E-state index contributed by atoms with van der Waals surface area (Å²) in [5.41, 5.74) is 2.76.